The highest BCUT2D eigenvalue weighted by Crippen LogP contribution is 2.14. The highest BCUT2D eigenvalue weighted by molar-refractivity contribution is 4.97. The Morgan fingerprint density at radius 2 is 0.875 bits per heavy atom. The Bertz CT molecular complexity index is 251. The van der Waals surface area contributed by atoms with Gasteiger partial charge in [-0.1, -0.05) is 122 Å². The van der Waals surface area contributed by atoms with Crippen LogP contribution < -0.4 is 0 Å². The van der Waals surface area contributed by atoms with Gasteiger partial charge in [-0.15, -0.1) is 0 Å². The third-order valence-corrected chi connectivity index (χ3v) is 5.23. The topological polar surface area (TPSA) is 0 Å². The zero-order valence-corrected chi connectivity index (χ0v) is 17.5. The lowest BCUT2D eigenvalue weighted by Gasteiger charge is -2.03. The fraction of sp³-hybridized carbons (Fsp3) is 0.917. The van der Waals surface area contributed by atoms with Crippen molar-refractivity contribution < 1.29 is 0 Å². The van der Waals surface area contributed by atoms with Gasteiger partial charge < -0.3 is 0 Å². The maximum Gasteiger partial charge on any atom is -0.0323 e. The lowest BCUT2D eigenvalue weighted by Crippen LogP contribution is -1.83. The minimum atomic E-state index is 1.32. The van der Waals surface area contributed by atoms with Crippen molar-refractivity contribution in [2.24, 2.45) is 0 Å². The molecule has 24 heavy (non-hydrogen) atoms. The van der Waals surface area contributed by atoms with Gasteiger partial charge in [0.1, 0.15) is 0 Å². The van der Waals surface area contributed by atoms with Gasteiger partial charge in [0.15, 0.2) is 0 Å². The molecule has 0 aromatic heterocycles. The molecule has 0 rings (SSSR count). The molecular weight excluding hydrogens is 288 g/mol. The van der Waals surface area contributed by atoms with Crippen molar-refractivity contribution in [3.63, 3.8) is 0 Å². The summed E-state index contributed by atoms with van der Waals surface area (Å²) in [6.07, 6.45) is 29.6. The Morgan fingerprint density at radius 1 is 0.500 bits per heavy atom. The second-order valence-corrected chi connectivity index (χ2v) is 7.89. The van der Waals surface area contributed by atoms with Crippen molar-refractivity contribution in [3.05, 3.63) is 11.6 Å². The molecule has 0 aromatic rings. The lowest BCUT2D eigenvalue weighted by atomic mass is 10.0. The normalized spacial score (nSPS) is 12.0. The Morgan fingerprint density at radius 3 is 1.33 bits per heavy atom. The summed E-state index contributed by atoms with van der Waals surface area (Å²) in [5.41, 5.74) is 1.64. The Labute approximate surface area is 154 Å². The molecule has 0 spiro atoms. The number of unbranched alkanes of at least 4 members (excludes halogenated alkanes) is 16. The smallest absolute Gasteiger partial charge is 0.0323 e. The maximum absolute atomic E-state index is 2.51. The first-order valence-corrected chi connectivity index (χ1v) is 11.5. The van der Waals surface area contributed by atoms with Gasteiger partial charge in [0.2, 0.25) is 0 Å². The van der Waals surface area contributed by atoms with E-state index in [0.717, 1.165) is 0 Å². The lowest BCUT2D eigenvalue weighted by molar-refractivity contribution is 0.550. The third kappa shape index (κ3) is 19.8. The van der Waals surface area contributed by atoms with Crippen LogP contribution in [0.1, 0.15) is 143 Å². The van der Waals surface area contributed by atoms with Gasteiger partial charge in [-0.3, -0.25) is 0 Å². The first-order valence-electron chi connectivity index (χ1n) is 11.5. The second-order valence-electron chi connectivity index (χ2n) is 7.89. The van der Waals surface area contributed by atoms with Gasteiger partial charge in [-0.05, 0) is 32.6 Å². The average Bonchev–Trinajstić information content (AvgIpc) is 2.59. The summed E-state index contributed by atoms with van der Waals surface area (Å²) in [7, 11) is 0. The molecule has 144 valence electrons. The molecule has 0 atom stereocenters. The minimum absolute atomic E-state index is 1.32. The summed E-state index contributed by atoms with van der Waals surface area (Å²) in [6, 6.07) is 0. The fourth-order valence-electron chi connectivity index (χ4n) is 3.44. The van der Waals surface area contributed by atoms with Gasteiger partial charge in [-0.2, -0.15) is 0 Å². The van der Waals surface area contributed by atoms with Crippen LogP contribution in [0.2, 0.25) is 0 Å². The first-order chi connectivity index (χ1) is 11.8. The molecule has 0 nitrogen and oxygen atoms in total. The molecule has 0 amide bonds. The van der Waals surface area contributed by atoms with Crippen molar-refractivity contribution in [3.8, 4) is 0 Å². The van der Waals surface area contributed by atoms with E-state index in [1.54, 1.807) is 5.57 Å². The number of hydrogen-bond acceptors (Lipinski definition) is 0. The van der Waals surface area contributed by atoms with Crippen LogP contribution in [-0.4, -0.2) is 0 Å². The molecule has 0 saturated carbocycles. The zero-order valence-electron chi connectivity index (χ0n) is 17.5. The number of rotatable bonds is 19. The summed E-state index contributed by atoms with van der Waals surface area (Å²) in [5, 5.41) is 0. The van der Waals surface area contributed by atoms with Crippen LogP contribution in [0.25, 0.3) is 0 Å². The summed E-state index contributed by atoms with van der Waals surface area (Å²) < 4.78 is 0. The molecule has 0 unspecified atom stereocenters. The van der Waals surface area contributed by atoms with Crippen molar-refractivity contribution in [2.75, 3.05) is 0 Å². The minimum Gasteiger partial charge on any atom is -0.0856 e. The van der Waals surface area contributed by atoms with Gasteiger partial charge in [0.05, 0.1) is 0 Å². The van der Waals surface area contributed by atoms with E-state index in [0.29, 0.717) is 0 Å². The van der Waals surface area contributed by atoms with Crippen molar-refractivity contribution in [2.45, 2.75) is 143 Å². The highest BCUT2D eigenvalue weighted by Gasteiger charge is 1.95. The van der Waals surface area contributed by atoms with Crippen LogP contribution in [0.5, 0.6) is 0 Å². The molecule has 0 fully saturated rings. The predicted octanol–water partition coefficient (Wildman–Crippen LogP) is 9.38. The zero-order chi connectivity index (χ0) is 17.7. The van der Waals surface area contributed by atoms with Gasteiger partial charge in [-0.25, -0.2) is 0 Å². The second kappa shape index (κ2) is 20.8. The summed E-state index contributed by atoms with van der Waals surface area (Å²) in [6.45, 7) is 6.93. The molecule has 0 aliphatic carbocycles. The summed E-state index contributed by atoms with van der Waals surface area (Å²) in [5.74, 6) is 0. The van der Waals surface area contributed by atoms with Crippen molar-refractivity contribution >= 4 is 0 Å². The molecule has 0 aliphatic heterocycles. The monoisotopic (exact) mass is 336 g/mol. The SMILES string of the molecule is CCCCCCCCCCCCC/C=C(/C)CCCCCCCC. The molecule has 0 bridgehead atoms. The van der Waals surface area contributed by atoms with Crippen LogP contribution >= 0.6 is 0 Å². The van der Waals surface area contributed by atoms with Crippen LogP contribution in [0.3, 0.4) is 0 Å². The van der Waals surface area contributed by atoms with Crippen LogP contribution in [0.15, 0.2) is 11.6 Å². The van der Waals surface area contributed by atoms with E-state index >= 15 is 0 Å². The molecule has 0 saturated heterocycles. The van der Waals surface area contributed by atoms with Crippen molar-refractivity contribution in [1.82, 2.24) is 0 Å². The summed E-state index contributed by atoms with van der Waals surface area (Å²) in [4.78, 5) is 0. The molecule has 0 aromatic carbocycles. The predicted molar refractivity (Wildman–Crippen MR) is 113 cm³/mol. The van der Waals surface area contributed by atoms with E-state index in [1.165, 1.54) is 122 Å². The third-order valence-electron chi connectivity index (χ3n) is 5.23. The van der Waals surface area contributed by atoms with Gasteiger partial charge >= 0.3 is 0 Å². The van der Waals surface area contributed by atoms with Crippen LogP contribution in [-0.2, 0) is 0 Å². The van der Waals surface area contributed by atoms with Crippen LogP contribution in [0.4, 0.5) is 0 Å². The highest BCUT2D eigenvalue weighted by atomic mass is 14.0. The van der Waals surface area contributed by atoms with Gasteiger partial charge in [0, 0.05) is 0 Å². The Hall–Kier alpha value is -0.260. The van der Waals surface area contributed by atoms with E-state index in [1.807, 2.05) is 0 Å². The maximum atomic E-state index is 2.51. The molecular formula is C24H48. The Balaban J connectivity index is 3.21. The Kier molecular flexibility index (Phi) is 20.6. The molecule has 0 N–H and O–H groups in total. The largest absolute Gasteiger partial charge is 0.0856 e. The standard InChI is InChI=1S/C24H48/c1-4-6-8-10-12-13-14-15-16-17-19-21-23-24(3)22-20-18-11-9-7-5-2/h23H,4-22H2,1-3H3/b24-23-. The summed E-state index contributed by atoms with van der Waals surface area (Å²) >= 11 is 0. The number of allylic oxidation sites excluding steroid dienone is 2. The van der Waals surface area contributed by atoms with Crippen molar-refractivity contribution in [1.29, 1.82) is 0 Å². The van der Waals surface area contributed by atoms with E-state index in [-0.39, 0.29) is 0 Å². The van der Waals surface area contributed by atoms with E-state index in [2.05, 4.69) is 26.8 Å². The van der Waals surface area contributed by atoms with E-state index in [4.69, 9.17) is 0 Å². The first kappa shape index (κ1) is 23.7. The average molecular weight is 337 g/mol. The van der Waals surface area contributed by atoms with E-state index < -0.39 is 0 Å². The van der Waals surface area contributed by atoms with Gasteiger partial charge in [0.25, 0.3) is 0 Å². The quantitative estimate of drug-likeness (QED) is 0.163. The van der Waals surface area contributed by atoms with Crippen LogP contribution in [0, 0.1) is 0 Å². The molecule has 0 aliphatic rings. The number of hydrogen-bond donors (Lipinski definition) is 0. The molecule has 0 heteroatoms. The molecule has 0 radical (unpaired) electrons. The fourth-order valence-corrected chi connectivity index (χ4v) is 3.44. The van der Waals surface area contributed by atoms with E-state index in [9.17, 15) is 0 Å². The molecule has 0 heterocycles.